The minimum Gasteiger partial charge on any atom is -0.306 e. The Bertz CT molecular complexity index is 218. The SMILES string of the molecule is CN1CCCC(CCCC(=O)NN(C)C)C1. The second-order valence-corrected chi connectivity index (χ2v) is 5.09. The van der Waals surface area contributed by atoms with Gasteiger partial charge in [0.25, 0.3) is 0 Å². The summed E-state index contributed by atoms with van der Waals surface area (Å²) in [5.41, 5.74) is 2.77. The number of hydrogen-bond donors (Lipinski definition) is 1. The number of carbonyl (C=O) groups excluding carboxylic acids is 1. The number of hydrogen-bond acceptors (Lipinski definition) is 3. The average Bonchev–Trinajstić information content (AvgIpc) is 2.16. The molecule has 4 heteroatoms. The van der Waals surface area contributed by atoms with Gasteiger partial charge in [-0.3, -0.25) is 10.2 Å². The predicted octanol–water partition coefficient (Wildman–Crippen LogP) is 1.09. The summed E-state index contributed by atoms with van der Waals surface area (Å²) in [5, 5.41) is 1.71. The van der Waals surface area contributed by atoms with E-state index in [-0.39, 0.29) is 5.91 Å². The third-order valence-corrected chi connectivity index (χ3v) is 3.09. The van der Waals surface area contributed by atoms with Crippen molar-refractivity contribution in [3.8, 4) is 0 Å². The van der Waals surface area contributed by atoms with Crippen molar-refractivity contribution < 1.29 is 4.79 Å². The quantitative estimate of drug-likeness (QED) is 0.714. The molecule has 4 nitrogen and oxygen atoms in total. The van der Waals surface area contributed by atoms with Crippen molar-refractivity contribution in [3.63, 3.8) is 0 Å². The van der Waals surface area contributed by atoms with E-state index < -0.39 is 0 Å². The van der Waals surface area contributed by atoms with Gasteiger partial charge in [0.15, 0.2) is 0 Å². The van der Waals surface area contributed by atoms with Gasteiger partial charge in [-0.1, -0.05) is 0 Å². The average molecular weight is 227 g/mol. The first-order valence-electron chi connectivity index (χ1n) is 6.23. The lowest BCUT2D eigenvalue weighted by Gasteiger charge is -2.29. The molecule has 0 saturated carbocycles. The fourth-order valence-corrected chi connectivity index (χ4v) is 2.37. The topological polar surface area (TPSA) is 35.6 Å². The second kappa shape index (κ2) is 6.86. The molecule has 0 spiro atoms. The molecular weight excluding hydrogens is 202 g/mol. The molecule has 1 rings (SSSR count). The zero-order valence-electron chi connectivity index (χ0n) is 10.8. The maximum atomic E-state index is 11.4. The fraction of sp³-hybridized carbons (Fsp3) is 0.917. The maximum Gasteiger partial charge on any atom is 0.234 e. The van der Waals surface area contributed by atoms with Crippen molar-refractivity contribution in [2.45, 2.75) is 32.1 Å². The van der Waals surface area contributed by atoms with Crippen LogP contribution in [0.25, 0.3) is 0 Å². The lowest BCUT2D eigenvalue weighted by molar-refractivity contribution is -0.124. The van der Waals surface area contributed by atoms with Gasteiger partial charge in [-0.2, -0.15) is 0 Å². The molecule has 0 aromatic heterocycles. The van der Waals surface area contributed by atoms with Crippen LogP contribution in [-0.4, -0.2) is 50.0 Å². The lowest BCUT2D eigenvalue weighted by atomic mass is 9.93. The number of nitrogens with zero attached hydrogens (tertiary/aromatic N) is 2. The Morgan fingerprint density at radius 2 is 2.25 bits per heavy atom. The molecule has 1 aliphatic heterocycles. The Kier molecular flexibility index (Phi) is 5.77. The number of rotatable bonds is 5. The smallest absolute Gasteiger partial charge is 0.234 e. The molecule has 16 heavy (non-hydrogen) atoms. The summed E-state index contributed by atoms with van der Waals surface area (Å²) in [6, 6.07) is 0. The van der Waals surface area contributed by atoms with E-state index in [1.807, 2.05) is 14.1 Å². The highest BCUT2D eigenvalue weighted by Gasteiger charge is 2.16. The van der Waals surface area contributed by atoms with Crippen LogP contribution in [0.1, 0.15) is 32.1 Å². The van der Waals surface area contributed by atoms with Crippen LogP contribution in [0.3, 0.4) is 0 Å². The van der Waals surface area contributed by atoms with Gasteiger partial charge in [0.1, 0.15) is 0 Å². The number of nitrogens with one attached hydrogen (secondary N) is 1. The van der Waals surface area contributed by atoms with Gasteiger partial charge in [0, 0.05) is 27.1 Å². The van der Waals surface area contributed by atoms with Gasteiger partial charge in [0.2, 0.25) is 5.91 Å². The Morgan fingerprint density at radius 3 is 2.88 bits per heavy atom. The highest BCUT2D eigenvalue weighted by Crippen LogP contribution is 2.20. The molecule has 0 aromatic carbocycles. The van der Waals surface area contributed by atoms with Crippen LogP contribution in [0.2, 0.25) is 0 Å². The first-order chi connectivity index (χ1) is 7.58. The zero-order chi connectivity index (χ0) is 12.0. The summed E-state index contributed by atoms with van der Waals surface area (Å²) >= 11 is 0. The highest BCUT2D eigenvalue weighted by atomic mass is 16.2. The van der Waals surface area contributed by atoms with Crippen LogP contribution in [0.15, 0.2) is 0 Å². The molecule has 1 saturated heterocycles. The summed E-state index contributed by atoms with van der Waals surface area (Å²) in [7, 11) is 5.87. The van der Waals surface area contributed by atoms with Gasteiger partial charge >= 0.3 is 0 Å². The fourth-order valence-electron chi connectivity index (χ4n) is 2.37. The molecule has 0 bridgehead atoms. The minimum atomic E-state index is 0.133. The van der Waals surface area contributed by atoms with E-state index in [9.17, 15) is 4.79 Å². The normalized spacial score (nSPS) is 22.4. The van der Waals surface area contributed by atoms with Crippen LogP contribution in [0.5, 0.6) is 0 Å². The van der Waals surface area contributed by atoms with Crippen molar-refractivity contribution in [3.05, 3.63) is 0 Å². The van der Waals surface area contributed by atoms with Gasteiger partial charge in [-0.15, -0.1) is 0 Å². The number of likely N-dealkylation sites (tertiary alicyclic amines) is 1. The second-order valence-electron chi connectivity index (χ2n) is 5.09. The molecule has 1 aliphatic rings. The standard InChI is InChI=1S/C12H25N3O/c1-14(2)13-12(16)8-4-6-11-7-5-9-15(3)10-11/h11H,4-10H2,1-3H3,(H,13,16). The first kappa shape index (κ1) is 13.5. The van der Waals surface area contributed by atoms with Crippen LogP contribution >= 0.6 is 0 Å². The van der Waals surface area contributed by atoms with Gasteiger partial charge in [-0.25, -0.2) is 5.01 Å². The van der Waals surface area contributed by atoms with Crippen molar-refractivity contribution in [2.24, 2.45) is 5.92 Å². The summed E-state index contributed by atoms with van der Waals surface area (Å²) < 4.78 is 0. The molecule has 0 aliphatic carbocycles. The van der Waals surface area contributed by atoms with Crippen molar-refractivity contribution in [1.82, 2.24) is 15.3 Å². The molecular formula is C12H25N3O. The van der Waals surface area contributed by atoms with Crippen LogP contribution in [-0.2, 0) is 4.79 Å². The van der Waals surface area contributed by atoms with Crippen molar-refractivity contribution >= 4 is 5.91 Å². The number of amides is 1. The van der Waals surface area contributed by atoms with E-state index in [1.54, 1.807) is 5.01 Å². The molecule has 1 heterocycles. The van der Waals surface area contributed by atoms with Crippen molar-refractivity contribution in [2.75, 3.05) is 34.2 Å². The molecule has 1 fully saturated rings. The van der Waals surface area contributed by atoms with Gasteiger partial charge < -0.3 is 4.90 Å². The van der Waals surface area contributed by atoms with Crippen molar-refractivity contribution in [1.29, 1.82) is 0 Å². The highest BCUT2D eigenvalue weighted by molar-refractivity contribution is 5.75. The number of hydrazine groups is 1. The van der Waals surface area contributed by atoms with E-state index in [2.05, 4.69) is 17.4 Å². The largest absolute Gasteiger partial charge is 0.306 e. The first-order valence-corrected chi connectivity index (χ1v) is 6.23. The molecule has 1 atom stereocenters. The summed E-state index contributed by atoms with van der Waals surface area (Å²) in [6.45, 7) is 2.44. The Morgan fingerprint density at radius 1 is 1.50 bits per heavy atom. The maximum absolute atomic E-state index is 11.4. The Balaban J connectivity index is 2.08. The molecule has 94 valence electrons. The van der Waals surface area contributed by atoms with E-state index in [0.717, 1.165) is 12.3 Å². The molecule has 1 unspecified atom stereocenters. The molecule has 0 radical (unpaired) electrons. The predicted molar refractivity (Wildman–Crippen MR) is 65.9 cm³/mol. The van der Waals surface area contributed by atoms with E-state index >= 15 is 0 Å². The molecule has 1 N–H and O–H groups in total. The minimum absolute atomic E-state index is 0.133. The lowest BCUT2D eigenvalue weighted by Crippen LogP contribution is -2.36. The monoisotopic (exact) mass is 227 g/mol. The number of piperidine rings is 1. The Labute approximate surface area is 98.9 Å². The van der Waals surface area contributed by atoms with Crippen LogP contribution < -0.4 is 5.43 Å². The van der Waals surface area contributed by atoms with E-state index in [4.69, 9.17) is 0 Å². The zero-order valence-corrected chi connectivity index (χ0v) is 10.8. The number of carbonyl (C=O) groups is 1. The van der Waals surface area contributed by atoms with Crippen LogP contribution in [0.4, 0.5) is 0 Å². The van der Waals surface area contributed by atoms with Gasteiger partial charge in [-0.05, 0) is 45.2 Å². The van der Waals surface area contributed by atoms with Gasteiger partial charge in [0.05, 0.1) is 0 Å². The van der Waals surface area contributed by atoms with Crippen LogP contribution in [0, 0.1) is 5.92 Å². The third kappa shape index (κ3) is 5.47. The molecule has 1 amide bonds. The summed E-state index contributed by atoms with van der Waals surface area (Å²) in [6.07, 6.45) is 5.49. The van der Waals surface area contributed by atoms with E-state index in [1.165, 1.54) is 32.4 Å². The third-order valence-electron chi connectivity index (χ3n) is 3.09. The summed E-state index contributed by atoms with van der Waals surface area (Å²) in [5.74, 6) is 0.931. The molecule has 0 aromatic rings. The van der Waals surface area contributed by atoms with E-state index in [0.29, 0.717) is 6.42 Å². The summed E-state index contributed by atoms with van der Waals surface area (Å²) in [4.78, 5) is 13.8. The Hall–Kier alpha value is -0.610.